The van der Waals surface area contributed by atoms with E-state index >= 15 is 0 Å². The van der Waals surface area contributed by atoms with Crippen molar-refractivity contribution in [2.45, 2.75) is 13.5 Å². The van der Waals surface area contributed by atoms with Crippen LogP contribution in [0.1, 0.15) is 16.9 Å². The quantitative estimate of drug-likeness (QED) is 0.711. The van der Waals surface area contributed by atoms with Gasteiger partial charge in [-0.1, -0.05) is 18.2 Å². The molecular formula is C17H13NO2. The number of ether oxygens (including phenoxy) is 1. The minimum Gasteiger partial charge on any atom is -0.488 e. The van der Waals surface area contributed by atoms with E-state index in [-0.39, 0.29) is 0 Å². The van der Waals surface area contributed by atoms with Gasteiger partial charge in [-0.25, -0.2) is 0 Å². The number of hydrogen-bond donors (Lipinski definition) is 0. The van der Waals surface area contributed by atoms with E-state index in [1.807, 2.05) is 43.3 Å². The third-order valence-corrected chi connectivity index (χ3v) is 3.12. The molecule has 0 radical (unpaired) electrons. The number of hydrogen-bond acceptors (Lipinski definition) is 3. The third kappa shape index (κ3) is 2.36. The topological polar surface area (TPSA) is 46.2 Å². The molecule has 98 valence electrons. The molecule has 3 aromatic rings. The van der Waals surface area contributed by atoms with Crippen LogP contribution in [0, 0.1) is 18.3 Å². The molecule has 0 N–H and O–H groups in total. The first kappa shape index (κ1) is 12.3. The standard InChI is InChI=1S/C17H13NO2/c1-12-9-15-16(3-2-4-17(15)20-12)19-11-14-7-5-13(10-18)6-8-14/h2-9H,11H2,1H3. The normalized spacial score (nSPS) is 10.4. The summed E-state index contributed by atoms with van der Waals surface area (Å²) in [5, 5.41) is 9.75. The number of benzene rings is 2. The van der Waals surface area contributed by atoms with Crippen molar-refractivity contribution in [1.82, 2.24) is 0 Å². The van der Waals surface area contributed by atoms with E-state index in [0.29, 0.717) is 12.2 Å². The van der Waals surface area contributed by atoms with Gasteiger partial charge in [0.2, 0.25) is 0 Å². The fourth-order valence-corrected chi connectivity index (χ4v) is 2.12. The Hall–Kier alpha value is -2.73. The molecule has 0 spiro atoms. The van der Waals surface area contributed by atoms with Gasteiger partial charge in [-0.3, -0.25) is 0 Å². The summed E-state index contributed by atoms with van der Waals surface area (Å²) < 4.78 is 11.4. The second-order valence-corrected chi connectivity index (χ2v) is 4.62. The van der Waals surface area contributed by atoms with Crippen molar-refractivity contribution in [2.75, 3.05) is 0 Å². The SMILES string of the molecule is Cc1cc2c(OCc3ccc(C#N)cc3)cccc2o1. The number of aryl methyl sites for hydroxylation is 1. The van der Waals surface area contributed by atoms with Crippen LogP contribution in [0.4, 0.5) is 0 Å². The highest BCUT2D eigenvalue weighted by Crippen LogP contribution is 2.28. The monoisotopic (exact) mass is 263 g/mol. The minimum atomic E-state index is 0.467. The molecular weight excluding hydrogens is 250 g/mol. The van der Waals surface area contributed by atoms with Gasteiger partial charge in [-0.05, 0) is 42.8 Å². The summed E-state index contributed by atoms with van der Waals surface area (Å²) >= 11 is 0. The molecule has 0 amide bonds. The van der Waals surface area contributed by atoms with Crippen molar-refractivity contribution in [3.8, 4) is 11.8 Å². The predicted molar refractivity (Wildman–Crippen MR) is 76.4 cm³/mol. The Kier molecular flexibility index (Phi) is 3.14. The first-order chi connectivity index (χ1) is 9.76. The molecule has 2 aromatic carbocycles. The smallest absolute Gasteiger partial charge is 0.137 e. The Morgan fingerprint density at radius 2 is 1.95 bits per heavy atom. The van der Waals surface area contributed by atoms with Gasteiger partial charge in [0.1, 0.15) is 23.7 Å². The highest BCUT2D eigenvalue weighted by atomic mass is 16.5. The van der Waals surface area contributed by atoms with Gasteiger partial charge in [-0.15, -0.1) is 0 Å². The molecule has 0 bridgehead atoms. The molecule has 0 saturated carbocycles. The number of fused-ring (bicyclic) bond motifs is 1. The molecule has 0 aliphatic heterocycles. The van der Waals surface area contributed by atoms with Crippen molar-refractivity contribution in [3.05, 3.63) is 65.4 Å². The minimum absolute atomic E-state index is 0.467. The third-order valence-electron chi connectivity index (χ3n) is 3.12. The van der Waals surface area contributed by atoms with E-state index in [2.05, 4.69) is 6.07 Å². The summed E-state index contributed by atoms with van der Waals surface area (Å²) in [7, 11) is 0. The van der Waals surface area contributed by atoms with Crippen LogP contribution in [-0.4, -0.2) is 0 Å². The van der Waals surface area contributed by atoms with Crippen molar-refractivity contribution in [3.63, 3.8) is 0 Å². The Bertz CT molecular complexity index is 779. The fourth-order valence-electron chi connectivity index (χ4n) is 2.12. The lowest BCUT2D eigenvalue weighted by Gasteiger charge is -2.07. The largest absolute Gasteiger partial charge is 0.488 e. The molecule has 1 heterocycles. The van der Waals surface area contributed by atoms with E-state index in [1.54, 1.807) is 12.1 Å². The average Bonchev–Trinajstić information content (AvgIpc) is 2.86. The molecule has 0 fully saturated rings. The average molecular weight is 263 g/mol. The summed E-state index contributed by atoms with van der Waals surface area (Å²) in [5.41, 5.74) is 2.52. The molecule has 1 aromatic heterocycles. The van der Waals surface area contributed by atoms with Gasteiger partial charge >= 0.3 is 0 Å². The maximum atomic E-state index is 8.77. The van der Waals surface area contributed by atoms with E-state index in [9.17, 15) is 0 Å². The molecule has 0 aliphatic rings. The first-order valence-electron chi connectivity index (χ1n) is 6.37. The fraction of sp³-hybridized carbons (Fsp3) is 0.118. The van der Waals surface area contributed by atoms with Crippen molar-refractivity contribution < 1.29 is 9.15 Å². The molecule has 0 unspecified atom stereocenters. The zero-order chi connectivity index (χ0) is 13.9. The van der Waals surface area contributed by atoms with E-state index in [0.717, 1.165) is 28.0 Å². The van der Waals surface area contributed by atoms with E-state index in [4.69, 9.17) is 14.4 Å². The Labute approximate surface area is 117 Å². The Morgan fingerprint density at radius 1 is 1.15 bits per heavy atom. The second kappa shape index (κ2) is 5.10. The molecule has 3 nitrogen and oxygen atoms in total. The van der Waals surface area contributed by atoms with Crippen LogP contribution in [0.3, 0.4) is 0 Å². The van der Waals surface area contributed by atoms with Crippen LogP contribution in [-0.2, 0) is 6.61 Å². The summed E-state index contributed by atoms with van der Waals surface area (Å²) in [4.78, 5) is 0. The number of nitrogens with zero attached hydrogens (tertiary/aromatic N) is 1. The van der Waals surface area contributed by atoms with Crippen LogP contribution in [0.5, 0.6) is 5.75 Å². The number of furan rings is 1. The van der Waals surface area contributed by atoms with Crippen LogP contribution < -0.4 is 4.74 Å². The lowest BCUT2D eigenvalue weighted by atomic mass is 10.1. The number of nitriles is 1. The highest BCUT2D eigenvalue weighted by molar-refractivity contribution is 5.84. The maximum absolute atomic E-state index is 8.77. The van der Waals surface area contributed by atoms with Gasteiger partial charge in [-0.2, -0.15) is 5.26 Å². The summed E-state index contributed by atoms with van der Waals surface area (Å²) in [5.74, 6) is 1.68. The highest BCUT2D eigenvalue weighted by Gasteiger charge is 2.06. The van der Waals surface area contributed by atoms with Crippen molar-refractivity contribution in [1.29, 1.82) is 5.26 Å². The summed E-state index contributed by atoms with van der Waals surface area (Å²) in [6.07, 6.45) is 0. The van der Waals surface area contributed by atoms with Gasteiger partial charge in [0.15, 0.2) is 0 Å². The van der Waals surface area contributed by atoms with Gasteiger partial charge in [0.05, 0.1) is 17.0 Å². The Balaban J connectivity index is 1.81. The van der Waals surface area contributed by atoms with Crippen LogP contribution in [0.25, 0.3) is 11.0 Å². The molecule has 3 heteroatoms. The van der Waals surface area contributed by atoms with Crippen LogP contribution in [0.2, 0.25) is 0 Å². The Morgan fingerprint density at radius 3 is 2.70 bits per heavy atom. The van der Waals surface area contributed by atoms with E-state index in [1.165, 1.54) is 0 Å². The van der Waals surface area contributed by atoms with Crippen LogP contribution in [0.15, 0.2) is 52.9 Å². The lowest BCUT2D eigenvalue weighted by Crippen LogP contribution is -1.95. The van der Waals surface area contributed by atoms with E-state index < -0.39 is 0 Å². The van der Waals surface area contributed by atoms with Crippen molar-refractivity contribution in [2.24, 2.45) is 0 Å². The second-order valence-electron chi connectivity index (χ2n) is 4.62. The van der Waals surface area contributed by atoms with Gasteiger partial charge < -0.3 is 9.15 Å². The van der Waals surface area contributed by atoms with Gasteiger partial charge in [0.25, 0.3) is 0 Å². The predicted octanol–water partition coefficient (Wildman–Crippen LogP) is 4.19. The number of rotatable bonds is 3. The maximum Gasteiger partial charge on any atom is 0.137 e. The molecule has 0 saturated heterocycles. The molecule has 3 rings (SSSR count). The first-order valence-corrected chi connectivity index (χ1v) is 6.37. The molecule has 0 aliphatic carbocycles. The molecule has 20 heavy (non-hydrogen) atoms. The zero-order valence-corrected chi connectivity index (χ0v) is 11.1. The lowest BCUT2D eigenvalue weighted by molar-refractivity contribution is 0.310. The zero-order valence-electron chi connectivity index (χ0n) is 11.1. The van der Waals surface area contributed by atoms with Gasteiger partial charge in [0, 0.05) is 0 Å². The van der Waals surface area contributed by atoms with Crippen LogP contribution >= 0.6 is 0 Å². The summed E-state index contributed by atoms with van der Waals surface area (Å²) in [6, 6.07) is 17.2. The van der Waals surface area contributed by atoms with Crippen molar-refractivity contribution >= 4 is 11.0 Å². The molecule has 0 atom stereocenters. The summed E-state index contributed by atoms with van der Waals surface area (Å²) in [6.45, 7) is 2.39.